The molecule has 0 unspecified atom stereocenters. The Bertz CT molecular complexity index is 161. The van der Waals surface area contributed by atoms with E-state index >= 15 is 0 Å². The molecule has 0 spiro atoms. The van der Waals surface area contributed by atoms with Crippen LogP contribution < -0.4 is 37.2 Å². The summed E-state index contributed by atoms with van der Waals surface area (Å²) in [5.74, 6) is 0.785. The van der Waals surface area contributed by atoms with Crippen LogP contribution in [-0.4, -0.2) is 0 Å². The van der Waals surface area contributed by atoms with Crippen molar-refractivity contribution in [3.8, 4) is 0 Å². The average Bonchev–Trinajstić information content (AvgIpc) is 2.15. The van der Waals surface area contributed by atoms with Gasteiger partial charge in [0.25, 0.3) is 0 Å². The summed E-state index contributed by atoms with van der Waals surface area (Å²) in [5, 5.41) is 0. The van der Waals surface area contributed by atoms with Crippen LogP contribution in [-0.2, 0) is 28.1 Å². The zero-order valence-corrected chi connectivity index (χ0v) is 11.6. The average molecular weight is 275 g/mol. The van der Waals surface area contributed by atoms with Gasteiger partial charge in [0.15, 0.2) is 0 Å². The molecule has 0 aliphatic carbocycles. The standard InChI is InChI=1S/C9H13.3ClH.Ti/c1-8(2)7-9-5-3-4-6-9;;;;/h3-6,8H,7H2,1-2H3;3*1H;/q-1;;;;+4/p-3. The molecule has 0 bridgehead atoms. The third-order valence-corrected chi connectivity index (χ3v) is 1.38. The van der Waals surface area contributed by atoms with Gasteiger partial charge in [0.1, 0.15) is 0 Å². The van der Waals surface area contributed by atoms with E-state index in [1.807, 2.05) is 0 Å². The summed E-state index contributed by atoms with van der Waals surface area (Å²) in [4.78, 5) is 0. The fourth-order valence-corrected chi connectivity index (χ4v) is 1.02. The van der Waals surface area contributed by atoms with Crippen LogP contribution >= 0.6 is 0 Å². The van der Waals surface area contributed by atoms with Gasteiger partial charge in [-0.25, -0.2) is 12.1 Å². The largest absolute Gasteiger partial charge is 4.00 e. The van der Waals surface area contributed by atoms with Crippen LogP contribution in [0.15, 0.2) is 24.3 Å². The Morgan fingerprint density at radius 1 is 1.00 bits per heavy atom. The molecule has 0 saturated heterocycles. The van der Waals surface area contributed by atoms with Gasteiger partial charge in [-0.15, -0.1) is 0 Å². The van der Waals surface area contributed by atoms with Gasteiger partial charge in [-0.1, -0.05) is 26.2 Å². The van der Waals surface area contributed by atoms with Crippen molar-refractivity contribution in [2.24, 2.45) is 5.92 Å². The summed E-state index contributed by atoms with van der Waals surface area (Å²) in [5.41, 5.74) is 1.46. The fourth-order valence-electron chi connectivity index (χ4n) is 1.02. The van der Waals surface area contributed by atoms with Crippen molar-refractivity contribution in [3.05, 3.63) is 29.8 Å². The molecule has 0 nitrogen and oxygen atoms in total. The Kier molecular flexibility index (Phi) is 23.5. The first-order valence-electron chi connectivity index (χ1n) is 3.49. The Hall–Kier alpha value is 0.934. The maximum atomic E-state index is 2.24. The second-order valence-electron chi connectivity index (χ2n) is 2.89. The Morgan fingerprint density at radius 3 is 1.69 bits per heavy atom. The number of hydrogen-bond donors (Lipinski definition) is 0. The minimum Gasteiger partial charge on any atom is -1.00 e. The molecule has 1 rings (SSSR count). The van der Waals surface area contributed by atoms with Crippen LogP contribution in [0.1, 0.15) is 19.4 Å². The molecule has 0 saturated carbocycles. The molecular formula is C9H13Cl3Ti. The monoisotopic (exact) mass is 274 g/mol. The second kappa shape index (κ2) is 12.9. The van der Waals surface area contributed by atoms with Crippen molar-refractivity contribution in [2.45, 2.75) is 20.3 Å². The van der Waals surface area contributed by atoms with Gasteiger partial charge in [-0.05, 0) is 0 Å². The smallest absolute Gasteiger partial charge is 1.00 e. The number of hydrogen-bond acceptors (Lipinski definition) is 0. The van der Waals surface area contributed by atoms with Crippen molar-refractivity contribution < 1.29 is 58.9 Å². The minimum absolute atomic E-state index is 0. The van der Waals surface area contributed by atoms with Gasteiger partial charge in [0.05, 0.1) is 0 Å². The van der Waals surface area contributed by atoms with Crippen LogP contribution in [0.2, 0.25) is 0 Å². The molecule has 0 N–H and O–H groups in total. The third-order valence-electron chi connectivity index (χ3n) is 1.38. The van der Waals surface area contributed by atoms with E-state index in [0.717, 1.165) is 5.92 Å². The first kappa shape index (κ1) is 23.6. The molecule has 13 heavy (non-hydrogen) atoms. The van der Waals surface area contributed by atoms with Crippen molar-refractivity contribution in [2.75, 3.05) is 0 Å². The first-order chi connectivity index (χ1) is 4.29. The second-order valence-corrected chi connectivity index (χ2v) is 2.89. The summed E-state index contributed by atoms with van der Waals surface area (Å²) in [6.45, 7) is 4.49. The van der Waals surface area contributed by atoms with E-state index in [9.17, 15) is 0 Å². The Morgan fingerprint density at radius 2 is 1.38 bits per heavy atom. The van der Waals surface area contributed by atoms with Crippen LogP contribution in [0.5, 0.6) is 0 Å². The third kappa shape index (κ3) is 10.9. The quantitative estimate of drug-likeness (QED) is 0.372. The van der Waals surface area contributed by atoms with Crippen LogP contribution in [0.25, 0.3) is 0 Å². The van der Waals surface area contributed by atoms with Gasteiger partial charge < -0.3 is 37.2 Å². The molecule has 0 heterocycles. The topological polar surface area (TPSA) is 0 Å². The SMILES string of the molecule is CC(C)C[c-]1cccc1.[Cl-].[Cl-].[Cl-].[Ti+4]. The van der Waals surface area contributed by atoms with Crippen LogP contribution in [0, 0.1) is 5.92 Å². The molecule has 0 atom stereocenters. The molecule has 0 fully saturated rings. The van der Waals surface area contributed by atoms with Crippen molar-refractivity contribution in [1.29, 1.82) is 0 Å². The minimum atomic E-state index is 0. The molecule has 0 aromatic heterocycles. The molecule has 0 aliphatic heterocycles. The summed E-state index contributed by atoms with van der Waals surface area (Å²) >= 11 is 0. The zero-order valence-electron chi connectivity index (χ0n) is 7.73. The van der Waals surface area contributed by atoms with Gasteiger partial charge in [0, 0.05) is 0 Å². The van der Waals surface area contributed by atoms with E-state index in [1.165, 1.54) is 12.0 Å². The normalized spacial score (nSPS) is 7.31. The van der Waals surface area contributed by atoms with Gasteiger partial charge in [-0.3, -0.25) is 0 Å². The summed E-state index contributed by atoms with van der Waals surface area (Å²) in [6, 6.07) is 8.55. The molecule has 0 aliphatic rings. The van der Waals surface area contributed by atoms with Gasteiger partial charge in [0.2, 0.25) is 0 Å². The summed E-state index contributed by atoms with van der Waals surface area (Å²) in [7, 11) is 0. The van der Waals surface area contributed by atoms with E-state index in [0.29, 0.717) is 0 Å². The Balaban J connectivity index is -0.000000101. The van der Waals surface area contributed by atoms with E-state index in [1.54, 1.807) is 0 Å². The fraction of sp³-hybridized carbons (Fsp3) is 0.444. The first-order valence-corrected chi connectivity index (χ1v) is 3.49. The predicted molar refractivity (Wildman–Crippen MR) is 40.6 cm³/mol. The van der Waals surface area contributed by atoms with E-state index in [4.69, 9.17) is 0 Å². The van der Waals surface area contributed by atoms with Crippen molar-refractivity contribution >= 4 is 0 Å². The van der Waals surface area contributed by atoms with Crippen LogP contribution in [0.3, 0.4) is 0 Å². The van der Waals surface area contributed by atoms with E-state index in [-0.39, 0.29) is 58.9 Å². The zero-order chi connectivity index (χ0) is 6.69. The van der Waals surface area contributed by atoms with Crippen LogP contribution in [0.4, 0.5) is 0 Å². The summed E-state index contributed by atoms with van der Waals surface area (Å²) < 4.78 is 0. The molecular weight excluding hydrogens is 262 g/mol. The van der Waals surface area contributed by atoms with Crippen molar-refractivity contribution in [3.63, 3.8) is 0 Å². The van der Waals surface area contributed by atoms with E-state index < -0.39 is 0 Å². The maximum Gasteiger partial charge on any atom is 4.00 e. The molecule has 4 heteroatoms. The molecule has 74 valence electrons. The summed E-state index contributed by atoms with van der Waals surface area (Å²) in [6.07, 6.45) is 1.22. The van der Waals surface area contributed by atoms with Gasteiger partial charge >= 0.3 is 21.7 Å². The Labute approximate surface area is 114 Å². The predicted octanol–water partition coefficient (Wildman–Crippen LogP) is -6.39. The molecule has 1 aromatic carbocycles. The van der Waals surface area contributed by atoms with Crippen molar-refractivity contribution in [1.82, 2.24) is 0 Å². The number of halogens is 3. The van der Waals surface area contributed by atoms with E-state index in [2.05, 4.69) is 38.1 Å². The van der Waals surface area contributed by atoms with Gasteiger partial charge in [-0.2, -0.15) is 17.7 Å². The number of rotatable bonds is 2. The molecule has 1 aromatic rings. The molecule has 0 amide bonds. The maximum absolute atomic E-state index is 2.24. The molecule has 0 radical (unpaired) electrons.